The van der Waals surface area contributed by atoms with Gasteiger partial charge in [-0.3, -0.25) is 14.4 Å². The summed E-state index contributed by atoms with van der Waals surface area (Å²) >= 11 is 0. The molecule has 0 unspecified atom stereocenters. The van der Waals surface area contributed by atoms with Crippen molar-refractivity contribution in [3.63, 3.8) is 0 Å². The molecule has 3 N–H and O–H groups in total. The number of carbonyl (C=O) groups excluding carboxylic acids is 3. The molecule has 2 aliphatic carbocycles. The first-order valence-corrected chi connectivity index (χ1v) is 22.5. The molecule has 10 rings (SSSR count). The lowest BCUT2D eigenvalue weighted by molar-refractivity contribution is -0.562. The molecular weight excluding hydrogens is 848 g/mol. The second-order valence-corrected chi connectivity index (χ2v) is 19.2. The predicted octanol–water partition coefficient (Wildman–Crippen LogP) is 7.19. The van der Waals surface area contributed by atoms with Crippen molar-refractivity contribution >= 4 is 17.7 Å². The number of halogens is 6. The van der Waals surface area contributed by atoms with Gasteiger partial charge in [0.25, 0.3) is 0 Å². The highest BCUT2D eigenvalue weighted by Crippen LogP contribution is 2.63. The molecule has 10 aliphatic rings. The van der Waals surface area contributed by atoms with Crippen LogP contribution in [0.25, 0.3) is 0 Å². The SMILES string of the molecule is CCCCCC[C@]12CC[C@H]3[C@H](C)CC[C@H]4C(CNC(=O)C[C@H](NC(C)=O)C(=O)NCC5=C(C(F)(F)F)O[C@@H]6O[C@]7(C)CC[C@H]8[C@H](C)CC[C@@H]5[C@@]68OO7)=C(C(F)(F)F)O[C@H](O1)[C@]43OO2. The van der Waals surface area contributed by atoms with Gasteiger partial charge >= 0.3 is 12.4 Å². The predicted molar refractivity (Wildman–Crippen MR) is 205 cm³/mol. The first kappa shape index (κ1) is 46.4. The van der Waals surface area contributed by atoms with Crippen LogP contribution in [-0.2, 0) is 52.9 Å². The van der Waals surface area contributed by atoms with E-state index in [4.69, 9.17) is 38.5 Å². The van der Waals surface area contributed by atoms with E-state index in [9.17, 15) is 40.7 Å². The van der Waals surface area contributed by atoms with Gasteiger partial charge in [0.15, 0.2) is 11.2 Å². The van der Waals surface area contributed by atoms with E-state index < -0.39 is 114 Å². The smallest absolute Gasteiger partial charge is 0.449 e. The lowest BCUT2D eigenvalue weighted by atomic mass is 9.59. The van der Waals surface area contributed by atoms with Crippen LogP contribution in [0.3, 0.4) is 0 Å². The first-order chi connectivity index (χ1) is 29.7. The Morgan fingerprint density at radius 2 is 1.27 bits per heavy atom. The fourth-order valence-corrected chi connectivity index (χ4v) is 12.1. The average Bonchev–Trinajstić information content (AvgIpc) is 3.60. The molecule has 8 fully saturated rings. The molecule has 0 radical (unpaired) electrons. The number of unbranched alkanes of at least 4 members (excludes halogenated alkanes) is 3. The van der Waals surface area contributed by atoms with Crippen molar-refractivity contribution in [2.45, 2.75) is 178 Å². The molecule has 8 heterocycles. The van der Waals surface area contributed by atoms with Gasteiger partial charge in [0.1, 0.15) is 6.04 Å². The van der Waals surface area contributed by atoms with Crippen molar-refractivity contribution in [1.29, 1.82) is 0 Å². The number of carbonyl (C=O) groups is 3. The quantitative estimate of drug-likeness (QED) is 0.0976. The Labute approximate surface area is 362 Å². The van der Waals surface area contributed by atoms with Crippen LogP contribution in [0.15, 0.2) is 22.7 Å². The van der Waals surface area contributed by atoms with Gasteiger partial charge in [0.05, 0.1) is 6.42 Å². The standard InChI is InChI=1S/C43H59F6N3O11/c1-6-7-8-9-16-39-18-15-28-23(3)11-12-29-25(33(42(44,45)46)57-37(59-39)41(28,29)63-61-39)20-50-32(54)19-31(52-24(4)53)35(55)51-21-26-30-13-10-22(2)27-14-17-38(5)58-36(40(27,30)62-60-38)56-34(26)43(47,48)49/h22-23,27-31,36-37H,6-21H2,1-5H3,(H,50,54)(H,51,55)(H,52,53)/t22-,23-,27+,28+,29+,30+,31+,36-,37-,38+,39+,40-,41-/m1/s1. The van der Waals surface area contributed by atoms with Gasteiger partial charge in [-0.05, 0) is 63.7 Å². The van der Waals surface area contributed by atoms with E-state index >= 15 is 0 Å². The Hall–Kier alpha value is -3.17. The number of amides is 3. The first-order valence-electron chi connectivity index (χ1n) is 22.5. The zero-order valence-corrected chi connectivity index (χ0v) is 36.3. The highest BCUT2D eigenvalue weighted by molar-refractivity contribution is 5.91. The molecule has 20 heteroatoms. The van der Waals surface area contributed by atoms with Gasteiger partial charge in [0.2, 0.25) is 53.4 Å². The summed E-state index contributed by atoms with van der Waals surface area (Å²) in [6.45, 7) is 7.38. The molecule has 4 bridgehead atoms. The number of alkyl halides is 6. The molecule has 0 aromatic carbocycles. The minimum atomic E-state index is -4.99. The summed E-state index contributed by atoms with van der Waals surface area (Å²) in [7, 11) is 0. The van der Waals surface area contributed by atoms with Crippen LogP contribution in [-0.4, -0.2) is 84.6 Å². The summed E-state index contributed by atoms with van der Waals surface area (Å²) in [5, 5.41) is 7.31. The zero-order chi connectivity index (χ0) is 45.3. The van der Waals surface area contributed by atoms with E-state index in [-0.39, 0.29) is 47.7 Å². The number of nitrogens with one attached hydrogen (secondary N) is 3. The maximum atomic E-state index is 14.9. The van der Waals surface area contributed by atoms with Crippen LogP contribution in [0, 0.1) is 35.5 Å². The second kappa shape index (κ2) is 16.9. The van der Waals surface area contributed by atoms with Crippen molar-refractivity contribution in [3.05, 3.63) is 22.7 Å². The zero-order valence-electron chi connectivity index (χ0n) is 36.3. The third-order valence-electron chi connectivity index (χ3n) is 15.1. The topological polar surface area (TPSA) is 161 Å². The molecule has 0 aromatic rings. The third kappa shape index (κ3) is 8.24. The van der Waals surface area contributed by atoms with E-state index in [2.05, 4.69) is 22.9 Å². The molecule has 2 spiro atoms. The molecule has 2 saturated carbocycles. The Bertz CT molecular complexity index is 1860. The molecule has 354 valence electrons. The number of rotatable bonds is 13. The Morgan fingerprint density at radius 3 is 1.84 bits per heavy atom. The molecule has 13 atom stereocenters. The second-order valence-electron chi connectivity index (χ2n) is 19.2. The summed E-state index contributed by atoms with van der Waals surface area (Å²) < 4.78 is 113. The lowest BCUT2D eigenvalue weighted by Crippen LogP contribution is -2.68. The molecule has 0 aromatic heterocycles. The maximum Gasteiger partial charge on any atom is 0.449 e. The number of ether oxygens (including phenoxy) is 4. The van der Waals surface area contributed by atoms with Crippen LogP contribution in [0.5, 0.6) is 0 Å². The minimum absolute atomic E-state index is 0.0202. The highest BCUT2D eigenvalue weighted by Gasteiger charge is 2.72. The van der Waals surface area contributed by atoms with E-state index in [1.807, 2.05) is 13.8 Å². The van der Waals surface area contributed by atoms with Crippen LogP contribution < -0.4 is 16.0 Å². The van der Waals surface area contributed by atoms with Gasteiger partial charge in [-0.2, -0.15) is 26.3 Å². The van der Waals surface area contributed by atoms with Gasteiger partial charge in [-0.1, -0.05) is 40.0 Å². The largest absolute Gasteiger partial charge is 0.456 e. The van der Waals surface area contributed by atoms with Crippen molar-refractivity contribution in [1.82, 2.24) is 16.0 Å². The van der Waals surface area contributed by atoms with Crippen LogP contribution in [0.2, 0.25) is 0 Å². The summed E-state index contributed by atoms with van der Waals surface area (Å²) in [6, 6.07) is -1.62. The average molecular weight is 908 g/mol. The molecule has 8 aliphatic heterocycles. The summed E-state index contributed by atoms with van der Waals surface area (Å²) in [5.41, 5.74) is -3.46. The van der Waals surface area contributed by atoms with Crippen LogP contribution in [0.4, 0.5) is 26.3 Å². The number of allylic oxidation sites excluding steroid dienone is 2. The molecular formula is C43H59F6N3O11. The highest BCUT2D eigenvalue weighted by atomic mass is 19.4. The molecule has 6 saturated heterocycles. The molecule has 14 nitrogen and oxygen atoms in total. The van der Waals surface area contributed by atoms with Gasteiger partial charge in [-0.25, -0.2) is 19.6 Å². The number of fused-ring (bicyclic) bond motifs is 4. The Morgan fingerprint density at radius 1 is 0.714 bits per heavy atom. The van der Waals surface area contributed by atoms with Gasteiger partial charge in [0, 0.05) is 74.1 Å². The van der Waals surface area contributed by atoms with E-state index in [1.54, 1.807) is 6.92 Å². The van der Waals surface area contributed by atoms with Crippen molar-refractivity contribution in [3.8, 4) is 0 Å². The number of hydrogen-bond acceptors (Lipinski definition) is 11. The fourth-order valence-electron chi connectivity index (χ4n) is 12.1. The number of hydrogen-bond donors (Lipinski definition) is 3. The normalized spacial score (nSPS) is 39.8. The Kier molecular flexibility index (Phi) is 12.5. The lowest BCUT2D eigenvalue weighted by Gasteiger charge is -2.57. The van der Waals surface area contributed by atoms with Gasteiger partial charge in [-0.15, -0.1) is 0 Å². The summed E-state index contributed by atoms with van der Waals surface area (Å²) in [4.78, 5) is 63.7. The third-order valence-corrected chi connectivity index (χ3v) is 15.1. The summed E-state index contributed by atoms with van der Waals surface area (Å²) in [5.74, 6) is -10.3. The van der Waals surface area contributed by atoms with Crippen LogP contribution in [0.1, 0.15) is 125 Å². The fraction of sp³-hybridized carbons (Fsp3) is 0.837. The van der Waals surface area contributed by atoms with E-state index in [0.717, 1.165) is 32.6 Å². The Balaban J connectivity index is 1.000. The monoisotopic (exact) mass is 907 g/mol. The molecule has 3 amide bonds. The van der Waals surface area contributed by atoms with Crippen molar-refractivity contribution in [2.75, 3.05) is 13.1 Å². The van der Waals surface area contributed by atoms with Crippen molar-refractivity contribution in [2.24, 2.45) is 35.5 Å². The van der Waals surface area contributed by atoms with Crippen LogP contribution >= 0.6 is 0 Å². The summed E-state index contributed by atoms with van der Waals surface area (Å²) in [6.07, 6.45) is -6.17. The van der Waals surface area contributed by atoms with E-state index in [0.29, 0.717) is 44.9 Å². The van der Waals surface area contributed by atoms with Crippen molar-refractivity contribution < 1.29 is 79.2 Å². The minimum Gasteiger partial charge on any atom is -0.456 e. The van der Waals surface area contributed by atoms with E-state index in [1.165, 1.54) is 0 Å². The maximum absolute atomic E-state index is 14.9. The van der Waals surface area contributed by atoms with Gasteiger partial charge < -0.3 is 34.9 Å². The molecule has 63 heavy (non-hydrogen) atoms.